The van der Waals surface area contributed by atoms with Crippen LogP contribution < -0.4 is 5.32 Å². The second kappa shape index (κ2) is 10.0. The smallest absolute Gasteiger partial charge is 0.0721 e. The predicted molar refractivity (Wildman–Crippen MR) is 94.2 cm³/mol. The van der Waals surface area contributed by atoms with E-state index < -0.39 is 0 Å². The molecule has 1 aliphatic heterocycles. The molecule has 1 fully saturated rings. The highest BCUT2D eigenvalue weighted by Crippen LogP contribution is 2.14. The van der Waals surface area contributed by atoms with Crippen LogP contribution in [0, 0.1) is 0 Å². The fraction of sp³-hybridized carbons (Fsp3) is 0.700. The van der Waals surface area contributed by atoms with Crippen molar-refractivity contribution in [2.45, 2.75) is 84.0 Å². The van der Waals surface area contributed by atoms with Crippen molar-refractivity contribution in [1.82, 2.24) is 5.32 Å². The monoisotopic (exact) mass is 303 g/mol. The quantitative estimate of drug-likeness (QED) is 0.623. The van der Waals surface area contributed by atoms with Gasteiger partial charge in [0.25, 0.3) is 0 Å². The van der Waals surface area contributed by atoms with Crippen LogP contribution >= 0.6 is 0 Å². The van der Waals surface area contributed by atoms with E-state index in [9.17, 15) is 0 Å². The minimum atomic E-state index is 0.387. The van der Waals surface area contributed by atoms with Crippen molar-refractivity contribution in [3.8, 4) is 0 Å². The number of benzene rings is 1. The first-order chi connectivity index (χ1) is 10.8. The Hall–Kier alpha value is -0.860. The SMILES string of the molecule is CCCCCCCCc1ccc(COC2CNC(C)C2)cc1. The van der Waals surface area contributed by atoms with Crippen LogP contribution in [0.1, 0.15) is 69.9 Å². The van der Waals surface area contributed by atoms with Crippen molar-refractivity contribution in [1.29, 1.82) is 0 Å². The Bertz CT molecular complexity index is 401. The summed E-state index contributed by atoms with van der Waals surface area (Å²) in [7, 11) is 0. The fourth-order valence-corrected chi connectivity index (χ4v) is 3.15. The number of aryl methyl sites for hydroxylation is 1. The molecule has 0 bridgehead atoms. The summed E-state index contributed by atoms with van der Waals surface area (Å²) in [5.74, 6) is 0. The van der Waals surface area contributed by atoms with Gasteiger partial charge < -0.3 is 10.1 Å². The summed E-state index contributed by atoms with van der Waals surface area (Å²) >= 11 is 0. The molecule has 1 heterocycles. The molecule has 0 saturated carbocycles. The van der Waals surface area contributed by atoms with E-state index in [-0.39, 0.29) is 0 Å². The molecule has 124 valence electrons. The molecule has 0 radical (unpaired) electrons. The molecule has 22 heavy (non-hydrogen) atoms. The number of unbranched alkanes of at least 4 members (excludes halogenated alkanes) is 5. The molecule has 1 N–H and O–H groups in total. The van der Waals surface area contributed by atoms with Gasteiger partial charge in [0.15, 0.2) is 0 Å². The van der Waals surface area contributed by atoms with Gasteiger partial charge in [-0.3, -0.25) is 0 Å². The lowest BCUT2D eigenvalue weighted by molar-refractivity contribution is 0.0529. The Morgan fingerprint density at radius 2 is 1.68 bits per heavy atom. The third kappa shape index (κ3) is 6.50. The molecule has 2 heteroatoms. The maximum Gasteiger partial charge on any atom is 0.0721 e. The van der Waals surface area contributed by atoms with Gasteiger partial charge in [0, 0.05) is 12.6 Å². The van der Waals surface area contributed by atoms with Gasteiger partial charge >= 0.3 is 0 Å². The zero-order chi connectivity index (χ0) is 15.6. The molecular formula is C20H33NO. The van der Waals surface area contributed by atoms with Gasteiger partial charge in [-0.15, -0.1) is 0 Å². The van der Waals surface area contributed by atoms with Crippen molar-refractivity contribution in [2.75, 3.05) is 6.54 Å². The van der Waals surface area contributed by atoms with Gasteiger partial charge in [0.2, 0.25) is 0 Å². The first-order valence-corrected chi connectivity index (χ1v) is 9.20. The molecular weight excluding hydrogens is 270 g/mol. The van der Waals surface area contributed by atoms with Crippen LogP contribution in [0.25, 0.3) is 0 Å². The molecule has 1 aromatic rings. The number of rotatable bonds is 10. The van der Waals surface area contributed by atoms with Gasteiger partial charge in [-0.05, 0) is 37.3 Å². The van der Waals surface area contributed by atoms with Gasteiger partial charge in [-0.2, -0.15) is 0 Å². The minimum absolute atomic E-state index is 0.387. The highest BCUT2D eigenvalue weighted by atomic mass is 16.5. The maximum absolute atomic E-state index is 5.97. The van der Waals surface area contributed by atoms with E-state index in [1.54, 1.807) is 0 Å². The van der Waals surface area contributed by atoms with Crippen molar-refractivity contribution in [3.63, 3.8) is 0 Å². The zero-order valence-corrected chi connectivity index (χ0v) is 14.4. The summed E-state index contributed by atoms with van der Waals surface area (Å²) in [5, 5.41) is 3.43. The number of ether oxygens (including phenoxy) is 1. The summed E-state index contributed by atoms with van der Waals surface area (Å²) in [5.41, 5.74) is 2.77. The first kappa shape index (κ1) is 17.5. The van der Waals surface area contributed by atoms with E-state index in [0.717, 1.165) is 19.6 Å². The largest absolute Gasteiger partial charge is 0.372 e. The van der Waals surface area contributed by atoms with Gasteiger partial charge in [-0.1, -0.05) is 63.3 Å². The third-order valence-corrected chi connectivity index (χ3v) is 4.64. The molecule has 2 unspecified atom stereocenters. The summed E-state index contributed by atoms with van der Waals surface area (Å²) in [4.78, 5) is 0. The van der Waals surface area contributed by atoms with Crippen molar-refractivity contribution >= 4 is 0 Å². The van der Waals surface area contributed by atoms with Crippen LogP contribution in [0.3, 0.4) is 0 Å². The number of hydrogen-bond acceptors (Lipinski definition) is 2. The molecule has 1 saturated heterocycles. The molecule has 1 aliphatic rings. The molecule has 1 aromatic carbocycles. The number of hydrogen-bond donors (Lipinski definition) is 1. The van der Waals surface area contributed by atoms with E-state index in [2.05, 4.69) is 43.4 Å². The standard InChI is InChI=1S/C20H33NO/c1-3-4-5-6-7-8-9-18-10-12-19(13-11-18)16-22-20-14-17(2)21-15-20/h10-13,17,20-21H,3-9,14-16H2,1-2H3. The van der Waals surface area contributed by atoms with E-state index in [0.29, 0.717) is 12.1 Å². The average Bonchev–Trinajstić information content (AvgIpc) is 2.95. The molecule has 0 aliphatic carbocycles. The first-order valence-electron chi connectivity index (χ1n) is 9.20. The van der Waals surface area contributed by atoms with Gasteiger partial charge in [0.05, 0.1) is 12.7 Å². The van der Waals surface area contributed by atoms with Crippen LogP contribution in [-0.2, 0) is 17.8 Å². The predicted octanol–water partition coefficient (Wildman–Crippen LogP) is 4.86. The summed E-state index contributed by atoms with van der Waals surface area (Å²) in [6.07, 6.45) is 11.0. The van der Waals surface area contributed by atoms with Gasteiger partial charge in [-0.25, -0.2) is 0 Å². The Morgan fingerprint density at radius 1 is 1.00 bits per heavy atom. The zero-order valence-electron chi connectivity index (χ0n) is 14.4. The fourth-order valence-electron chi connectivity index (χ4n) is 3.15. The lowest BCUT2D eigenvalue weighted by Gasteiger charge is -2.11. The Balaban J connectivity index is 1.60. The molecule has 2 rings (SSSR count). The number of nitrogens with one attached hydrogen (secondary N) is 1. The van der Waals surface area contributed by atoms with Crippen LogP contribution in [0.5, 0.6) is 0 Å². The van der Waals surface area contributed by atoms with Crippen molar-refractivity contribution in [3.05, 3.63) is 35.4 Å². The van der Waals surface area contributed by atoms with E-state index in [1.807, 2.05) is 0 Å². The van der Waals surface area contributed by atoms with Crippen molar-refractivity contribution < 1.29 is 4.74 Å². The van der Waals surface area contributed by atoms with Crippen LogP contribution in [0.4, 0.5) is 0 Å². The Morgan fingerprint density at radius 3 is 2.36 bits per heavy atom. The van der Waals surface area contributed by atoms with Crippen LogP contribution in [-0.4, -0.2) is 18.7 Å². The van der Waals surface area contributed by atoms with Crippen LogP contribution in [0.2, 0.25) is 0 Å². The summed E-state index contributed by atoms with van der Waals surface area (Å²) < 4.78 is 5.97. The van der Waals surface area contributed by atoms with Crippen LogP contribution in [0.15, 0.2) is 24.3 Å². The lowest BCUT2D eigenvalue weighted by atomic mass is 10.0. The van der Waals surface area contributed by atoms with Gasteiger partial charge in [0.1, 0.15) is 0 Å². The normalized spacial score (nSPS) is 21.4. The molecule has 2 atom stereocenters. The molecule has 2 nitrogen and oxygen atoms in total. The van der Waals surface area contributed by atoms with E-state index in [4.69, 9.17) is 4.74 Å². The Kier molecular flexibility index (Phi) is 7.96. The average molecular weight is 303 g/mol. The minimum Gasteiger partial charge on any atom is -0.372 e. The summed E-state index contributed by atoms with van der Waals surface area (Å²) in [6, 6.07) is 9.63. The molecule has 0 aromatic heterocycles. The molecule has 0 spiro atoms. The van der Waals surface area contributed by atoms with Crippen molar-refractivity contribution in [2.24, 2.45) is 0 Å². The summed E-state index contributed by atoms with van der Waals surface area (Å²) in [6.45, 7) is 6.24. The highest BCUT2D eigenvalue weighted by molar-refractivity contribution is 5.22. The topological polar surface area (TPSA) is 21.3 Å². The highest BCUT2D eigenvalue weighted by Gasteiger charge is 2.20. The Labute approximate surface area is 136 Å². The maximum atomic E-state index is 5.97. The lowest BCUT2D eigenvalue weighted by Crippen LogP contribution is -2.18. The third-order valence-electron chi connectivity index (χ3n) is 4.64. The second-order valence-corrected chi connectivity index (χ2v) is 6.81. The molecule has 0 amide bonds. The second-order valence-electron chi connectivity index (χ2n) is 6.81. The van der Waals surface area contributed by atoms with E-state index >= 15 is 0 Å². The van der Waals surface area contributed by atoms with E-state index in [1.165, 1.54) is 56.1 Å².